The molecule has 2 aliphatic rings. The number of allylic oxidation sites excluding steroid dienone is 8. The zero-order chi connectivity index (χ0) is 22.2. The molecule has 2 aliphatic carbocycles. The van der Waals surface area contributed by atoms with Crippen LogP contribution in [-0.4, -0.2) is 0 Å². The van der Waals surface area contributed by atoms with Crippen LogP contribution in [0.25, 0.3) is 0 Å². The van der Waals surface area contributed by atoms with Crippen LogP contribution in [0.15, 0.2) is 72.9 Å². The number of hydrogen-bond acceptors (Lipinski definition) is 2. The Balaban J connectivity index is 1.89. The first-order chi connectivity index (χ1) is 14.8. The van der Waals surface area contributed by atoms with E-state index in [9.17, 15) is 26.3 Å². The van der Waals surface area contributed by atoms with Gasteiger partial charge in [-0.3, -0.25) is 0 Å². The molecule has 31 heavy (non-hydrogen) atoms. The third-order valence-corrected chi connectivity index (χ3v) is 14.0. The van der Waals surface area contributed by atoms with Gasteiger partial charge < -0.3 is 0 Å². The third-order valence-electron chi connectivity index (χ3n) is 4.88. The van der Waals surface area contributed by atoms with Crippen LogP contribution in [0.4, 0.5) is 26.3 Å². The van der Waals surface area contributed by atoms with Crippen molar-refractivity contribution in [1.29, 1.82) is 0 Å². The van der Waals surface area contributed by atoms with Gasteiger partial charge >= 0.3 is 180 Å². The molecular formula is C22H14F6O2Zr. The number of rotatable bonds is 6. The van der Waals surface area contributed by atoms with E-state index < -0.39 is 74.8 Å². The van der Waals surface area contributed by atoms with E-state index in [1.54, 1.807) is 48.6 Å². The van der Waals surface area contributed by atoms with Crippen LogP contribution in [0.2, 0.25) is 7.25 Å². The van der Waals surface area contributed by atoms with Crippen molar-refractivity contribution in [2.45, 2.75) is 7.25 Å². The summed E-state index contributed by atoms with van der Waals surface area (Å²) >= 11 is -5.08. The Morgan fingerprint density at radius 1 is 0.548 bits per heavy atom. The predicted molar refractivity (Wildman–Crippen MR) is 97.9 cm³/mol. The zero-order valence-electron chi connectivity index (χ0n) is 15.7. The molecule has 0 saturated heterocycles. The summed E-state index contributed by atoms with van der Waals surface area (Å²) < 4.78 is 94.8. The first kappa shape index (κ1) is 21.7. The van der Waals surface area contributed by atoms with Crippen LogP contribution in [-0.2, 0) is 21.1 Å². The Bertz CT molecular complexity index is 1030. The van der Waals surface area contributed by atoms with Gasteiger partial charge in [-0.25, -0.2) is 0 Å². The van der Waals surface area contributed by atoms with Gasteiger partial charge in [0, 0.05) is 0 Å². The molecule has 0 bridgehead atoms. The van der Waals surface area contributed by atoms with Crippen molar-refractivity contribution < 1.29 is 53.1 Å². The second-order valence-electron chi connectivity index (χ2n) is 6.92. The number of hydrogen-bond donors (Lipinski definition) is 0. The number of benzene rings is 2. The summed E-state index contributed by atoms with van der Waals surface area (Å²) in [6, 6.07) is 2.01. The molecule has 0 spiro atoms. The molecule has 0 N–H and O–H groups in total. The molecule has 0 fully saturated rings. The fraction of sp³-hybridized carbons (Fsp3) is 0.0909. The van der Waals surface area contributed by atoms with Crippen molar-refractivity contribution in [3.8, 4) is 11.5 Å². The SMILES string of the molecule is Fc1cc(F)c(F)c([O][Zr]([O]c2cc(F)cc(F)c2F)([CH]2C=CC=C2)[CH]2C=CC=C2)c1. The molecule has 160 valence electrons. The van der Waals surface area contributed by atoms with Gasteiger partial charge in [0.2, 0.25) is 0 Å². The molecule has 2 aromatic carbocycles. The van der Waals surface area contributed by atoms with Gasteiger partial charge in [-0.15, -0.1) is 0 Å². The van der Waals surface area contributed by atoms with Gasteiger partial charge in [-0.1, -0.05) is 0 Å². The van der Waals surface area contributed by atoms with E-state index in [0.29, 0.717) is 24.3 Å². The van der Waals surface area contributed by atoms with Crippen LogP contribution >= 0.6 is 0 Å². The molecule has 2 nitrogen and oxygen atoms in total. The molecule has 0 heterocycles. The van der Waals surface area contributed by atoms with Crippen molar-refractivity contribution in [3.05, 3.63) is 108 Å². The normalized spacial score (nSPS) is 15.9. The van der Waals surface area contributed by atoms with Crippen LogP contribution in [0.3, 0.4) is 0 Å². The molecule has 0 amide bonds. The Kier molecular flexibility index (Phi) is 5.97. The molecule has 4 rings (SSSR count). The monoisotopic (exact) mass is 514 g/mol. The van der Waals surface area contributed by atoms with E-state index >= 15 is 0 Å². The number of halogens is 6. The minimum atomic E-state index is -5.08. The standard InChI is InChI=1S/2C6H3F3O.2C5H5.Zr/c2*7-3-1-4(8)6(9)5(10)2-3;2*1-2-4-5-3-1;/h2*1-2,10H;2*1-5H;/q;;;;+2/p-2. The molecular weight excluding hydrogens is 501 g/mol. The molecule has 0 saturated carbocycles. The fourth-order valence-corrected chi connectivity index (χ4v) is 12.2. The maximum atomic E-state index is 14.5. The fourth-order valence-electron chi connectivity index (χ4n) is 3.47. The maximum absolute atomic E-state index is 14.5. The summed E-state index contributed by atoms with van der Waals surface area (Å²) in [5, 5.41) is 0. The van der Waals surface area contributed by atoms with Crippen molar-refractivity contribution in [1.82, 2.24) is 0 Å². The van der Waals surface area contributed by atoms with Crippen molar-refractivity contribution in [3.63, 3.8) is 0 Å². The van der Waals surface area contributed by atoms with E-state index in [-0.39, 0.29) is 0 Å². The van der Waals surface area contributed by atoms with E-state index in [1.807, 2.05) is 0 Å². The Morgan fingerprint density at radius 2 is 0.903 bits per heavy atom. The van der Waals surface area contributed by atoms with Crippen LogP contribution in [0.1, 0.15) is 0 Å². The molecule has 0 atom stereocenters. The summed E-state index contributed by atoms with van der Waals surface area (Å²) in [6.45, 7) is 0. The van der Waals surface area contributed by atoms with Crippen LogP contribution < -0.4 is 5.63 Å². The summed E-state index contributed by atoms with van der Waals surface area (Å²) in [5.41, 5.74) is 0. The van der Waals surface area contributed by atoms with Gasteiger partial charge in [0.05, 0.1) is 0 Å². The zero-order valence-corrected chi connectivity index (χ0v) is 18.1. The Labute approximate surface area is 179 Å². The van der Waals surface area contributed by atoms with Crippen molar-refractivity contribution in [2.24, 2.45) is 0 Å². The first-order valence-electron chi connectivity index (χ1n) is 9.17. The third kappa shape index (κ3) is 4.16. The van der Waals surface area contributed by atoms with Crippen molar-refractivity contribution >= 4 is 0 Å². The molecule has 0 aromatic heterocycles. The van der Waals surface area contributed by atoms with Gasteiger partial charge in [-0.2, -0.15) is 0 Å². The Morgan fingerprint density at radius 3 is 1.26 bits per heavy atom. The summed E-state index contributed by atoms with van der Waals surface area (Å²) in [5.74, 6) is -9.55. The molecule has 0 unspecified atom stereocenters. The molecule has 0 aliphatic heterocycles. The predicted octanol–water partition coefficient (Wildman–Crippen LogP) is 6.79. The van der Waals surface area contributed by atoms with Crippen LogP contribution in [0.5, 0.6) is 11.5 Å². The summed E-state index contributed by atoms with van der Waals surface area (Å²) in [6.07, 6.45) is 13.2. The van der Waals surface area contributed by atoms with Gasteiger partial charge in [0.25, 0.3) is 0 Å². The van der Waals surface area contributed by atoms with E-state index in [4.69, 9.17) is 5.63 Å². The van der Waals surface area contributed by atoms with Crippen molar-refractivity contribution in [2.75, 3.05) is 0 Å². The minimum absolute atomic E-state index is 0.354. The molecule has 2 aromatic rings. The summed E-state index contributed by atoms with van der Waals surface area (Å²) in [4.78, 5) is 0. The average Bonchev–Trinajstić information content (AvgIpc) is 3.43. The van der Waals surface area contributed by atoms with Crippen LogP contribution in [0, 0.1) is 34.9 Å². The average molecular weight is 516 g/mol. The van der Waals surface area contributed by atoms with E-state index in [1.165, 1.54) is 0 Å². The van der Waals surface area contributed by atoms with E-state index in [2.05, 4.69) is 0 Å². The second kappa shape index (κ2) is 8.54. The van der Waals surface area contributed by atoms with E-state index in [0.717, 1.165) is 0 Å². The van der Waals surface area contributed by atoms with Gasteiger partial charge in [-0.05, 0) is 0 Å². The molecule has 0 radical (unpaired) electrons. The van der Waals surface area contributed by atoms with Gasteiger partial charge in [0.1, 0.15) is 0 Å². The van der Waals surface area contributed by atoms with Gasteiger partial charge in [0.15, 0.2) is 0 Å². The summed E-state index contributed by atoms with van der Waals surface area (Å²) in [7, 11) is 0. The quantitative estimate of drug-likeness (QED) is 0.312. The molecule has 9 heteroatoms. The first-order valence-corrected chi connectivity index (χ1v) is 14.0. The Hall–Kier alpha value is -2.54. The second-order valence-corrected chi connectivity index (χ2v) is 14.7. The topological polar surface area (TPSA) is 18.5 Å².